The number of carbonyl (C=O) groups excluding carboxylic acids is 2. The predicted molar refractivity (Wildman–Crippen MR) is 98.9 cm³/mol. The Bertz CT molecular complexity index is 907. The van der Waals surface area contributed by atoms with E-state index in [1.807, 2.05) is 31.2 Å². The highest BCUT2D eigenvalue weighted by molar-refractivity contribution is 5.97. The van der Waals surface area contributed by atoms with Crippen molar-refractivity contribution in [2.75, 3.05) is 16.8 Å². The highest BCUT2D eigenvalue weighted by Crippen LogP contribution is 2.32. The Morgan fingerprint density at radius 1 is 1.15 bits per heavy atom. The fraction of sp³-hybridized carbons (Fsp3) is 0.333. The minimum atomic E-state index is -0.318. The molecule has 2 aromatic carbocycles. The number of nitrogens with one attached hydrogen (secondary N) is 1. The lowest BCUT2D eigenvalue weighted by Crippen LogP contribution is -2.37. The van der Waals surface area contributed by atoms with Gasteiger partial charge in [-0.05, 0) is 60.6 Å². The molecule has 0 bridgehead atoms. The molecule has 26 heavy (non-hydrogen) atoms. The van der Waals surface area contributed by atoms with Crippen LogP contribution in [-0.2, 0) is 28.9 Å². The van der Waals surface area contributed by atoms with E-state index >= 15 is 0 Å². The summed E-state index contributed by atoms with van der Waals surface area (Å²) >= 11 is 0. The summed E-state index contributed by atoms with van der Waals surface area (Å²) < 4.78 is 14.5. The largest absolute Gasteiger partial charge is 0.326 e. The number of hydrogen-bond donors (Lipinski definition) is 1. The number of halogens is 1. The number of carbonyl (C=O) groups is 2. The van der Waals surface area contributed by atoms with E-state index in [4.69, 9.17) is 0 Å². The third kappa shape index (κ3) is 3.09. The molecule has 134 valence electrons. The van der Waals surface area contributed by atoms with Crippen LogP contribution in [0.15, 0.2) is 30.3 Å². The van der Waals surface area contributed by atoms with Gasteiger partial charge in [-0.25, -0.2) is 4.39 Å². The lowest BCUT2D eigenvalue weighted by atomic mass is 9.97. The van der Waals surface area contributed by atoms with Crippen LogP contribution in [0.5, 0.6) is 0 Å². The molecule has 0 unspecified atom stereocenters. The Hall–Kier alpha value is -2.69. The lowest BCUT2D eigenvalue weighted by molar-refractivity contribution is -0.118. The van der Waals surface area contributed by atoms with Gasteiger partial charge in [0.05, 0.1) is 12.1 Å². The van der Waals surface area contributed by atoms with Gasteiger partial charge in [0.15, 0.2) is 0 Å². The Morgan fingerprint density at radius 3 is 2.85 bits per heavy atom. The average molecular weight is 352 g/mol. The van der Waals surface area contributed by atoms with Gasteiger partial charge in [-0.3, -0.25) is 9.59 Å². The predicted octanol–water partition coefficient (Wildman–Crippen LogP) is 3.54. The summed E-state index contributed by atoms with van der Waals surface area (Å²) in [6, 6.07) is 9.15. The summed E-state index contributed by atoms with van der Waals surface area (Å²) in [7, 11) is 0. The van der Waals surface area contributed by atoms with Crippen LogP contribution < -0.4 is 10.2 Å². The van der Waals surface area contributed by atoms with Gasteiger partial charge in [0.25, 0.3) is 0 Å². The molecule has 4 nitrogen and oxygen atoms in total. The van der Waals surface area contributed by atoms with Gasteiger partial charge in [-0.2, -0.15) is 0 Å². The third-order valence-electron chi connectivity index (χ3n) is 5.11. The van der Waals surface area contributed by atoms with Gasteiger partial charge >= 0.3 is 0 Å². The van der Waals surface area contributed by atoms with Crippen LogP contribution >= 0.6 is 0 Å². The van der Waals surface area contributed by atoms with Crippen LogP contribution in [0.1, 0.15) is 35.1 Å². The second kappa shape index (κ2) is 6.56. The van der Waals surface area contributed by atoms with E-state index in [1.165, 1.54) is 6.07 Å². The SMILES string of the molecule is Cc1cc(F)c2c(c1)CCCN2C(=O)Cc1ccc2c(c1)CCC(=O)N2. The summed E-state index contributed by atoms with van der Waals surface area (Å²) in [4.78, 5) is 25.9. The molecule has 0 saturated heterocycles. The maximum atomic E-state index is 14.5. The molecule has 5 heteroatoms. The highest BCUT2D eigenvalue weighted by atomic mass is 19.1. The van der Waals surface area contributed by atoms with E-state index in [9.17, 15) is 14.0 Å². The molecular weight excluding hydrogens is 331 g/mol. The first-order valence-corrected chi connectivity index (χ1v) is 9.02. The molecule has 2 aliphatic rings. The molecule has 1 N–H and O–H groups in total. The van der Waals surface area contributed by atoms with Crippen molar-refractivity contribution in [1.82, 2.24) is 0 Å². The average Bonchev–Trinajstić information content (AvgIpc) is 2.61. The van der Waals surface area contributed by atoms with Crippen LogP contribution in [-0.4, -0.2) is 18.4 Å². The van der Waals surface area contributed by atoms with Gasteiger partial charge in [-0.1, -0.05) is 18.2 Å². The van der Waals surface area contributed by atoms with Gasteiger partial charge < -0.3 is 10.2 Å². The van der Waals surface area contributed by atoms with Crippen LogP contribution in [0, 0.1) is 12.7 Å². The van der Waals surface area contributed by atoms with Crippen molar-refractivity contribution in [1.29, 1.82) is 0 Å². The normalized spacial score (nSPS) is 15.9. The number of rotatable bonds is 2. The van der Waals surface area contributed by atoms with Crippen molar-refractivity contribution < 1.29 is 14.0 Å². The smallest absolute Gasteiger partial charge is 0.231 e. The molecule has 0 atom stereocenters. The first kappa shape index (κ1) is 16.8. The maximum absolute atomic E-state index is 14.5. The van der Waals surface area contributed by atoms with E-state index in [-0.39, 0.29) is 24.1 Å². The zero-order valence-electron chi connectivity index (χ0n) is 14.8. The van der Waals surface area contributed by atoms with Gasteiger partial charge in [-0.15, -0.1) is 0 Å². The molecule has 2 amide bonds. The van der Waals surface area contributed by atoms with E-state index in [0.717, 1.165) is 40.8 Å². The number of fused-ring (bicyclic) bond motifs is 2. The number of anilines is 2. The molecule has 0 spiro atoms. The molecule has 0 aliphatic carbocycles. The summed E-state index contributed by atoms with van der Waals surface area (Å²) in [5.74, 6) is -0.383. The lowest BCUT2D eigenvalue weighted by Gasteiger charge is -2.30. The fourth-order valence-electron chi connectivity index (χ4n) is 3.90. The molecule has 2 aromatic rings. The minimum absolute atomic E-state index is 0.0250. The molecule has 0 aromatic heterocycles. The van der Waals surface area contributed by atoms with Gasteiger partial charge in [0.1, 0.15) is 5.82 Å². The zero-order chi connectivity index (χ0) is 18.3. The van der Waals surface area contributed by atoms with Crippen LogP contribution in [0.2, 0.25) is 0 Å². The summed E-state index contributed by atoms with van der Waals surface area (Å²) in [5, 5.41) is 2.85. The second-order valence-electron chi connectivity index (χ2n) is 7.12. The van der Waals surface area contributed by atoms with Crippen molar-refractivity contribution in [2.45, 2.75) is 39.0 Å². The first-order chi connectivity index (χ1) is 12.5. The minimum Gasteiger partial charge on any atom is -0.326 e. The molecule has 4 rings (SSSR count). The maximum Gasteiger partial charge on any atom is 0.231 e. The standard InChI is InChI=1S/C21H21FN2O2/c1-13-9-16-3-2-8-24(21(16)17(22)10-13)20(26)12-14-4-6-18-15(11-14)5-7-19(25)23-18/h4,6,9-11H,2-3,5,7-8,12H2,1H3,(H,23,25). The quantitative estimate of drug-likeness (QED) is 0.899. The van der Waals surface area contributed by atoms with Crippen LogP contribution in [0.4, 0.5) is 15.8 Å². The Morgan fingerprint density at radius 2 is 2.00 bits per heavy atom. The van der Waals surface area contributed by atoms with Crippen LogP contribution in [0.3, 0.4) is 0 Å². The van der Waals surface area contributed by atoms with Crippen molar-refractivity contribution in [3.63, 3.8) is 0 Å². The second-order valence-corrected chi connectivity index (χ2v) is 7.12. The number of hydrogen-bond acceptors (Lipinski definition) is 2. The molecule has 0 saturated carbocycles. The Balaban J connectivity index is 1.58. The molecular formula is C21H21FN2O2. The highest BCUT2D eigenvalue weighted by Gasteiger charge is 2.26. The van der Waals surface area contributed by atoms with Crippen molar-refractivity contribution >= 4 is 23.2 Å². The van der Waals surface area contributed by atoms with Gasteiger partial charge in [0.2, 0.25) is 11.8 Å². The summed E-state index contributed by atoms with van der Waals surface area (Å²) in [6.45, 7) is 2.42. The summed E-state index contributed by atoms with van der Waals surface area (Å²) in [6.07, 6.45) is 3.03. The molecule has 2 aliphatic heterocycles. The fourth-order valence-corrected chi connectivity index (χ4v) is 3.90. The van der Waals surface area contributed by atoms with E-state index in [1.54, 1.807) is 4.90 Å². The molecule has 0 radical (unpaired) electrons. The molecule has 2 heterocycles. The molecule has 0 fully saturated rings. The number of benzene rings is 2. The topological polar surface area (TPSA) is 49.4 Å². The van der Waals surface area contributed by atoms with Gasteiger partial charge in [0, 0.05) is 18.7 Å². The Labute approximate surface area is 152 Å². The Kier molecular flexibility index (Phi) is 4.23. The van der Waals surface area contributed by atoms with E-state index in [2.05, 4.69) is 5.32 Å². The summed E-state index contributed by atoms with van der Waals surface area (Å²) in [5.41, 5.74) is 5.00. The zero-order valence-corrected chi connectivity index (χ0v) is 14.8. The number of aryl methyl sites for hydroxylation is 3. The third-order valence-corrected chi connectivity index (χ3v) is 5.11. The number of nitrogens with zero attached hydrogens (tertiary/aromatic N) is 1. The van der Waals surface area contributed by atoms with E-state index in [0.29, 0.717) is 25.1 Å². The first-order valence-electron chi connectivity index (χ1n) is 9.02. The van der Waals surface area contributed by atoms with Crippen LogP contribution in [0.25, 0.3) is 0 Å². The van der Waals surface area contributed by atoms with Crippen molar-refractivity contribution in [3.8, 4) is 0 Å². The monoisotopic (exact) mass is 352 g/mol. The van der Waals surface area contributed by atoms with Crippen molar-refractivity contribution in [2.24, 2.45) is 0 Å². The van der Waals surface area contributed by atoms with Crippen molar-refractivity contribution in [3.05, 3.63) is 58.4 Å². The van der Waals surface area contributed by atoms with E-state index < -0.39 is 0 Å². The number of amides is 2.